The molecule has 2 amide bonds. The summed E-state index contributed by atoms with van der Waals surface area (Å²) in [5, 5.41) is 26.4. The molecule has 0 aromatic carbocycles. The van der Waals surface area contributed by atoms with Gasteiger partial charge in [0.25, 0.3) is 0 Å². The van der Waals surface area contributed by atoms with E-state index >= 15 is 0 Å². The molecular formula is C34H61N3O9. The average molecular weight is 656 g/mol. The third-order valence-electron chi connectivity index (χ3n) is 11.1. The first-order chi connectivity index (χ1) is 21.5. The number of methoxy groups -OCH3 is 1. The number of amides is 2. The lowest BCUT2D eigenvalue weighted by Crippen LogP contribution is -2.65. The number of hydrogen-bond donors (Lipinski definition) is 3. The van der Waals surface area contributed by atoms with Gasteiger partial charge in [0.2, 0.25) is 11.8 Å². The van der Waals surface area contributed by atoms with Gasteiger partial charge in [0.1, 0.15) is 6.10 Å². The van der Waals surface area contributed by atoms with Crippen LogP contribution in [-0.2, 0) is 33.3 Å². The Morgan fingerprint density at radius 2 is 1.78 bits per heavy atom. The molecule has 0 spiro atoms. The van der Waals surface area contributed by atoms with Gasteiger partial charge in [-0.15, -0.1) is 0 Å². The van der Waals surface area contributed by atoms with Gasteiger partial charge in [0.05, 0.1) is 48.1 Å². The highest BCUT2D eigenvalue weighted by Gasteiger charge is 2.57. The van der Waals surface area contributed by atoms with Crippen LogP contribution in [0.5, 0.6) is 0 Å². The van der Waals surface area contributed by atoms with E-state index in [-0.39, 0.29) is 48.8 Å². The highest BCUT2D eigenvalue weighted by atomic mass is 16.7. The summed E-state index contributed by atoms with van der Waals surface area (Å²) in [6, 6.07) is 0.171. The van der Waals surface area contributed by atoms with Crippen LogP contribution in [0.25, 0.3) is 0 Å². The lowest BCUT2D eigenvalue weighted by Gasteiger charge is -2.56. The van der Waals surface area contributed by atoms with E-state index in [4.69, 9.17) is 23.7 Å². The lowest BCUT2D eigenvalue weighted by molar-refractivity contribution is -0.338. The first kappa shape index (κ1) is 37.4. The van der Waals surface area contributed by atoms with Crippen LogP contribution in [0.2, 0.25) is 0 Å². The molecule has 0 bridgehead atoms. The molecule has 0 aliphatic carbocycles. The van der Waals surface area contributed by atoms with Gasteiger partial charge >= 0.3 is 0 Å². The van der Waals surface area contributed by atoms with Crippen molar-refractivity contribution in [3.63, 3.8) is 0 Å². The Morgan fingerprint density at radius 3 is 2.43 bits per heavy atom. The van der Waals surface area contributed by atoms with Gasteiger partial charge < -0.3 is 49.0 Å². The van der Waals surface area contributed by atoms with Crippen molar-refractivity contribution >= 4 is 11.8 Å². The molecule has 0 unspecified atom stereocenters. The largest absolute Gasteiger partial charge is 0.387 e. The Labute approximate surface area is 275 Å². The number of hydrogen-bond acceptors (Lipinski definition) is 10. The first-order valence-corrected chi connectivity index (χ1v) is 17.3. The van der Waals surface area contributed by atoms with Crippen molar-refractivity contribution in [3.05, 3.63) is 0 Å². The van der Waals surface area contributed by atoms with Gasteiger partial charge in [0, 0.05) is 45.0 Å². The van der Waals surface area contributed by atoms with E-state index in [2.05, 4.69) is 31.1 Å². The van der Waals surface area contributed by atoms with Gasteiger partial charge in [-0.2, -0.15) is 0 Å². The smallest absolute Gasteiger partial charge is 0.241 e. The Hall–Kier alpha value is -1.38. The maximum Gasteiger partial charge on any atom is 0.241 e. The van der Waals surface area contributed by atoms with Crippen LogP contribution in [0.4, 0.5) is 0 Å². The van der Waals surface area contributed by atoms with Crippen LogP contribution >= 0.6 is 0 Å². The monoisotopic (exact) mass is 655 g/mol. The lowest BCUT2D eigenvalue weighted by atomic mass is 9.69. The molecule has 12 nitrogen and oxygen atoms in total. The average Bonchev–Trinajstić information content (AvgIpc) is 2.99. The molecular weight excluding hydrogens is 594 g/mol. The Morgan fingerprint density at radius 1 is 1.09 bits per heavy atom. The minimum absolute atomic E-state index is 0.0209. The van der Waals surface area contributed by atoms with Crippen molar-refractivity contribution in [2.75, 3.05) is 40.8 Å². The predicted molar refractivity (Wildman–Crippen MR) is 172 cm³/mol. The van der Waals surface area contributed by atoms with E-state index in [0.717, 1.165) is 19.4 Å². The third kappa shape index (κ3) is 7.91. The number of nitrogens with zero attached hydrogens (tertiary/aromatic N) is 2. The SMILES string of the molecule is CCCN(C)[C@H]1C[C@@H](C)O[C@H]2O[C@@H]3[C@@H](C)[C@H](O[C@H]4C[C@@](C)(OC)[C@@H](O)[C@H](C)O4)[C@@H](C)C(=O)NCC(=O)N(C)C[C@H](C)C[C@]3(O)C[C@@H]21. The zero-order valence-corrected chi connectivity index (χ0v) is 29.7. The van der Waals surface area contributed by atoms with Crippen LogP contribution in [0, 0.1) is 23.7 Å². The molecule has 4 aliphatic heterocycles. The standard InChI is InChI=1S/C34H61N3O9/c1-11-12-36(8)25-13-20(3)43-32-24(25)15-34(41)14-19(2)18-37(9)26(38)17-35-31(40)22(5)28(21(4)30(34)46-32)45-27-16-33(7,42-10)29(39)23(6)44-27/h19-25,27-30,32,39,41H,11-18H2,1-10H3,(H,35,40)/t19-,20-,21+,22-,23+,24-,25+,27+,28+,29+,30-,32+,33-,34+/m1/s1. The number of aliphatic hydroxyl groups excluding tert-OH is 1. The first-order valence-electron chi connectivity index (χ1n) is 17.3. The van der Waals surface area contributed by atoms with Crippen molar-refractivity contribution in [2.24, 2.45) is 23.7 Å². The van der Waals surface area contributed by atoms with Crippen LogP contribution in [0.15, 0.2) is 0 Å². The van der Waals surface area contributed by atoms with Crippen molar-refractivity contribution in [3.8, 4) is 0 Å². The number of likely N-dealkylation sites (N-methyl/N-ethyl adjacent to an activating group) is 1. The number of ether oxygens (including phenoxy) is 5. The van der Waals surface area contributed by atoms with Crippen LogP contribution in [0.1, 0.15) is 80.6 Å². The van der Waals surface area contributed by atoms with Gasteiger partial charge in [-0.1, -0.05) is 27.7 Å². The van der Waals surface area contributed by atoms with Gasteiger partial charge in [-0.05, 0) is 66.0 Å². The number of aliphatic hydroxyl groups is 2. The molecule has 12 heteroatoms. The minimum atomic E-state index is -1.29. The number of carbonyl (C=O) groups excluding carboxylic acids is 2. The normalized spacial score (nSPS) is 46.4. The van der Waals surface area contributed by atoms with Crippen LogP contribution < -0.4 is 5.32 Å². The summed E-state index contributed by atoms with van der Waals surface area (Å²) in [6.07, 6.45) is -1.35. The zero-order valence-electron chi connectivity index (χ0n) is 29.7. The van der Waals surface area contributed by atoms with Crippen molar-refractivity contribution in [2.45, 2.75) is 141 Å². The molecule has 0 radical (unpaired) electrons. The summed E-state index contributed by atoms with van der Waals surface area (Å²) in [7, 11) is 5.41. The summed E-state index contributed by atoms with van der Waals surface area (Å²) in [5.41, 5.74) is -2.21. The zero-order chi connectivity index (χ0) is 34.1. The van der Waals surface area contributed by atoms with Gasteiger partial charge in [-0.25, -0.2) is 0 Å². The highest BCUT2D eigenvalue weighted by molar-refractivity contribution is 5.85. The Kier molecular flexibility index (Phi) is 12.2. The molecule has 0 aromatic heterocycles. The molecule has 0 aromatic rings. The molecule has 3 N–H and O–H groups in total. The van der Waals surface area contributed by atoms with E-state index < -0.39 is 60.0 Å². The van der Waals surface area contributed by atoms with Crippen LogP contribution in [0.3, 0.4) is 0 Å². The molecule has 4 heterocycles. The molecule has 4 fully saturated rings. The summed E-state index contributed by atoms with van der Waals surface area (Å²) >= 11 is 0. The number of carbonyl (C=O) groups is 2. The molecule has 14 atom stereocenters. The second kappa shape index (κ2) is 15.0. The van der Waals surface area contributed by atoms with E-state index in [1.807, 2.05) is 20.8 Å². The van der Waals surface area contributed by atoms with E-state index in [9.17, 15) is 19.8 Å². The summed E-state index contributed by atoms with van der Waals surface area (Å²) in [4.78, 5) is 30.6. The topological polar surface area (TPSA) is 139 Å². The minimum Gasteiger partial charge on any atom is -0.387 e. The van der Waals surface area contributed by atoms with Crippen molar-refractivity contribution in [1.29, 1.82) is 0 Å². The predicted octanol–water partition coefficient (Wildman–Crippen LogP) is 2.14. The molecule has 46 heavy (non-hydrogen) atoms. The van der Waals surface area contributed by atoms with Gasteiger partial charge in [-0.3, -0.25) is 9.59 Å². The molecule has 266 valence electrons. The third-order valence-corrected chi connectivity index (χ3v) is 11.1. The number of rotatable bonds is 6. The molecule has 4 rings (SSSR count). The van der Waals surface area contributed by atoms with E-state index in [0.29, 0.717) is 19.4 Å². The maximum atomic E-state index is 13.6. The second-order valence-corrected chi connectivity index (χ2v) is 15.1. The summed E-state index contributed by atoms with van der Waals surface area (Å²) in [6.45, 7) is 14.8. The molecule has 4 saturated heterocycles. The number of fused-ring (bicyclic) bond motifs is 2. The van der Waals surface area contributed by atoms with Crippen molar-refractivity contribution in [1.82, 2.24) is 15.1 Å². The summed E-state index contributed by atoms with van der Waals surface area (Å²) in [5.74, 6) is -1.87. The quantitative estimate of drug-likeness (QED) is 0.390. The van der Waals surface area contributed by atoms with Crippen LogP contribution in [-0.4, -0.2) is 133 Å². The van der Waals surface area contributed by atoms with Crippen molar-refractivity contribution < 1.29 is 43.5 Å². The fraction of sp³-hybridized carbons (Fsp3) is 0.941. The Balaban J connectivity index is 1.74. The van der Waals surface area contributed by atoms with E-state index in [1.165, 1.54) is 0 Å². The van der Waals surface area contributed by atoms with Gasteiger partial charge in [0.15, 0.2) is 12.6 Å². The fourth-order valence-corrected chi connectivity index (χ4v) is 8.56. The molecule has 0 saturated carbocycles. The van der Waals surface area contributed by atoms with E-state index in [1.54, 1.807) is 32.9 Å². The number of nitrogens with one attached hydrogen (secondary N) is 1. The Bertz CT molecular complexity index is 1050. The molecule has 4 aliphatic rings. The fourth-order valence-electron chi connectivity index (χ4n) is 8.56. The highest BCUT2D eigenvalue weighted by Crippen LogP contribution is 2.47. The maximum absolute atomic E-state index is 13.6. The summed E-state index contributed by atoms with van der Waals surface area (Å²) < 4.78 is 31.8. The second-order valence-electron chi connectivity index (χ2n) is 15.1.